The van der Waals surface area contributed by atoms with Crippen LogP contribution in [0.4, 0.5) is 4.39 Å². The largest absolute Gasteiger partial charge is 0.451 e. The van der Waals surface area contributed by atoms with E-state index in [1.807, 2.05) is 24.3 Å². The first-order valence-electron chi connectivity index (χ1n) is 9.46. The number of amides is 1. The van der Waals surface area contributed by atoms with Gasteiger partial charge in [-0.2, -0.15) is 0 Å². The molecule has 0 aliphatic carbocycles. The van der Waals surface area contributed by atoms with Crippen LogP contribution in [0.3, 0.4) is 0 Å². The first-order valence-corrected chi connectivity index (χ1v) is 10.9. The average Bonchev–Trinajstić information content (AvgIpc) is 3.17. The second-order valence-corrected chi connectivity index (χ2v) is 8.90. The minimum atomic E-state index is -3.90. The number of rotatable bonds is 5. The highest BCUT2D eigenvalue weighted by Gasteiger charge is 2.27. The second-order valence-electron chi connectivity index (χ2n) is 7.17. The zero-order valence-electron chi connectivity index (χ0n) is 15.7. The summed E-state index contributed by atoms with van der Waals surface area (Å²) < 4.78 is 46.5. The van der Waals surface area contributed by atoms with Crippen LogP contribution in [0.5, 0.6) is 0 Å². The maximum Gasteiger partial charge on any atom is 0.289 e. The molecule has 29 heavy (non-hydrogen) atoms. The number of nitrogens with zero attached hydrogens (tertiary/aromatic N) is 1. The maximum atomic E-state index is 13.8. The third kappa shape index (κ3) is 4.18. The standard InChI is InChI=1S/C21H21FN2O4S/c22-17-6-2-4-8-20(17)29(26,27)23-14-15-9-11-24(12-10-15)21(25)19-13-16-5-1-3-7-18(16)28-19/h1-8,13,15,23H,9-12,14H2. The van der Waals surface area contributed by atoms with E-state index in [-0.39, 0.29) is 23.3 Å². The molecule has 1 aliphatic rings. The minimum Gasteiger partial charge on any atom is -0.451 e. The zero-order chi connectivity index (χ0) is 20.4. The van der Waals surface area contributed by atoms with Gasteiger partial charge in [-0.1, -0.05) is 30.3 Å². The summed E-state index contributed by atoms with van der Waals surface area (Å²) in [4.78, 5) is 14.1. The molecule has 0 spiro atoms. The summed E-state index contributed by atoms with van der Waals surface area (Å²) in [5.74, 6) is -0.543. The molecule has 0 bridgehead atoms. The second kappa shape index (κ2) is 7.96. The molecule has 1 saturated heterocycles. The van der Waals surface area contributed by atoms with Crippen LogP contribution in [0.1, 0.15) is 23.4 Å². The van der Waals surface area contributed by atoms with Gasteiger partial charge in [-0.25, -0.2) is 17.5 Å². The maximum absolute atomic E-state index is 13.8. The van der Waals surface area contributed by atoms with Crippen molar-refractivity contribution in [2.24, 2.45) is 5.92 Å². The summed E-state index contributed by atoms with van der Waals surface area (Å²) >= 11 is 0. The lowest BCUT2D eigenvalue weighted by Crippen LogP contribution is -2.41. The van der Waals surface area contributed by atoms with E-state index in [4.69, 9.17) is 4.42 Å². The third-order valence-corrected chi connectivity index (χ3v) is 6.68. The van der Waals surface area contributed by atoms with E-state index in [1.54, 1.807) is 11.0 Å². The van der Waals surface area contributed by atoms with Gasteiger partial charge in [0.15, 0.2) is 5.76 Å². The summed E-state index contributed by atoms with van der Waals surface area (Å²) in [6, 6.07) is 14.5. The molecule has 1 fully saturated rings. The molecule has 152 valence electrons. The van der Waals surface area contributed by atoms with Crippen molar-refractivity contribution in [2.45, 2.75) is 17.7 Å². The molecule has 0 atom stereocenters. The van der Waals surface area contributed by atoms with E-state index in [0.29, 0.717) is 37.3 Å². The van der Waals surface area contributed by atoms with Crippen molar-refractivity contribution in [3.05, 3.63) is 66.2 Å². The number of hydrogen-bond donors (Lipinski definition) is 1. The van der Waals surface area contributed by atoms with E-state index < -0.39 is 15.8 Å². The topological polar surface area (TPSA) is 79.6 Å². The fraction of sp³-hybridized carbons (Fsp3) is 0.286. The van der Waals surface area contributed by atoms with Crippen LogP contribution in [-0.4, -0.2) is 38.9 Å². The van der Waals surface area contributed by atoms with E-state index in [1.165, 1.54) is 18.2 Å². The van der Waals surface area contributed by atoms with Crippen LogP contribution >= 0.6 is 0 Å². The highest BCUT2D eigenvalue weighted by molar-refractivity contribution is 7.89. The fourth-order valence-electron chi connectivity index (χ4n) is 3.55. The van der Waals surface area contributed by atoms with E-state index in [2.05, 4.69) is 4.72 Å². The highest BCUT2D eigenvalue weighted by atomic mass is 32.2. The van der Waals surface area contributed by atoms with Crippen molar-refractivity contribution in [1.29, 1.82) is 0 Å². The molecule has 1 aromatic heterocycles. The Labute approximate surface area is 168 Å². The summed E-state index contributed by atoms with van der Waals surface area (Å²) in [6.45, 7) is 1.24. The van der Waals surface area contributed by atoms with Gasteiger partial charge in [0.1, 0.15) is 16.3 Å². The zero-order valence-corrected chi connectivity index (χ0v) is 16.5. The van der Waals surface area contributed by atoms with Crippen LogP contribution in [-0.2, 0) is 10.0 Å². The number of halogens is 1. The van der Waals surface area contributed by atoms with E-state index in [9.17, 15) is 17.6 Å². The monoisotopic (exact) mass is 416 g/mol. The number of furan rings is 1. The van der Waals surface area contributed by atoms with Gasteiger partial charge >= 0.3 is 0 Å². The van der Waals surface area contributed by atoms with Gasteiger partial charge < -0.3 is 9.32 Å². The lowest BCUT2D eigenvalue weighted by Gasteiger charge is -2.31. The number of nitrogens with one attached hydrogen (secondary N) is 1. The predicted molar refractivity (Wildman–Crippen MR) is 106 cm³/mol. The van der Waals surface area contributed by atoms with Crippen molar-refractivity contribution >= 4 is 26.9 Å². The average molecular weight is 416 g/mol. The first-order chi connectivity index (χ1) is 13.9. The summed E-state index contributed by atoms with van der Waals surface area (Å²) in [5.41, 5.74) is 0.674. The van der Waals surface area contributed by atoms with Gasteiger partial charge in [-0.3, -0.25) is 4.79 Å². The molecule has 0 unspecified atom stereocenters. The Kier molecular flexibility index (Phi) is 5.38. The number of sulfonamides is 1. The van der Waals surface area contributed by atoms with Crippen molar-refractivity contribution in [3.63, 3.8) is 0 Å². The Morgan fingerprint density at radius 1 is 1.10 bits per heavy atom. The van der Waals surface area contributed by atoms with Crippen LogP contribution in [0.15, 0.2) is 63.9 Å². The van der Waals surface area contributed by atoms with E-state index >= 15 is 0 Å². The SMILES string of the molecule is O=C(c1cc2ccccc2o1)N1CCC(CNS(=O)(=O)c2ccccc2F)CC1. The molecule has 1 amide bonds. The Bertz CT molecular complexity index is 1100. The molecule has 2 aromatic carbocycles. The Morgan fingerprint density at radius 3 is 2.52 bits per heavy atom. The molecule has 8 heteroatoms. The van der Waals surface area contributed by atoms with Crippen LogP contribution in [0, 0.1) is 11.7 Å². The van der Waals surface area contributed by atoms with Gasteiger partial charge in [0.25, 0.3) is 5.91 Å². The molecule has 0 saturated carbocycles. The highest BCUT2D eigenvalue weighted by Crippen LogP contribution is 2.23. The number of likely N-dealkylation sites (tertiary alicyclic amines) is 1. The Hall–Kier alpha value is -2.71. The molecule has 3 aromatic rings. The fourth-order valence-corrected chi connectivity index (χ4v) is 4.74. The number of carbonyl (C=O) groups excluding carboxylic acids is 1. The van der Waals surface area contributed by atoms with Crippen molar-refractivity contribution in [1.82, 2.24) is 9.62 Å². The van der Waals surface area contributed by atoms with Gasteiger partial charge in [-0.05, 0) is 43.0 Å². The van der Waals surface area contributed by atoms with Crippen LogP contribution in [0.2, 0.25) is 0 Å². The van der Waals surface area contributed by atoms with Gasteiger partial charge in [0.05, 0.1) is 0 Å². The minimum absolute atomic E-state index is 0.0799. The van der Waals surface area contributed by atoms with Crippen molar-refractivity contribution in [2.75, 3.05) is 19.6 Å². The number of benzene rings is 2. The smallest absolute Gasteiger partial charge is 0.289 e. The van der Waals surface area contributed by atoms with Crippen molar-refractivity contribution in [3.8, 4) is 0 Å². The van der Waals surface area contributed by atoms with Crippen molar-refractivity contribution < 1.29 is 22.0 Å². The van der Waals surface area contributed by atoms with E-state index in [0.717, 1.165) is 11.5 Å². The number of fused-ring (bicyclic) bond motifs is 1. The Balaban J connectivity index is 1.33. The lowest BCUT2D eigenvalue weighted by atomic mass is 9.97. The van der Waals surface area contributed by atoms with Crippen LogP contribution < -0.4 is 4.72 Å². The number of piperidine rings is 1. The Morgan fingerprint density at radius 2 is 1.79 bits per heavy atom. The molecule has 0 radical (unpaired) electrons. The summed E-state index contributed by atoms with van der Waals surface area (Å²) in [7, 11) is -3.90. The number of para-hydroxylation sites is 1. The summed E-state index contributed by atoms with van der Waals surface area (Å²) in [5, 5.41) is 0.883. The van der Waals surface area contributed by atoms with Gasteiger partial charge in [-0.15, -0.1) is 0 Å². The lowest BCUT2D eigenvalue weighted by molar-refractivity contribution is 0.0662. The molecule has 4 rings (SSSR count). The molecular formula is C21H21FN2O4S. The predicted octanol–water partition coefficient (Wildman–Crippen LogP) is 3.40. The molecule has 1 N–H and O–H groups in total. The molecular weight excluding hydrogens is 395 g/mol. The molecule has 2 heterocycles. The normalized spacial score (nSPS) is 15.7. The number of hydrogen-bond acceptors (Lipinski definition) is 4. The van der Waals surface area contributed by atoms with Gasteiger partial charge in [0, 0.05) is 25.0 Å². The molecule has 1 aliphatic heterocycles. The third-order valence-electron chi connectivity index (χ3n) is 5.23. The first kappa shape index (κ1) is 19.6. The molecule has 6 nitrogen and oxygen atoms in total. The van der Waals surface area contributed by atoms with Crippen LogP contribution in [0.25, 0.3) is 11.0 Å². The number of carbonyl (C=O) groups is 1. The quantitative estimate of drug-likeness (QED) is 0.691. The van der Waals surface area contributed by atoms with Gasteiger partial charge in [0.2, 0.25) is 10.0 Å². The summed E-state index contributed by atoms with van der Waals surface area (Å²) in [6.07, 6.45) is 1.32.